The van der Waals surface area contributed by atoms with Crippen LogP contribution in [-0.4, -0.2) is 41.7 Å². The number of hydrogen-bond donors (Lipinski definition) is 1. The van der Waals surface area contributed by atoms with Crippen LogP contribution in [0.5, 0.6) is 0 Å². The van der Waals surface area contributed by atoms with Crippen LogP contribution in [-0.2, 0) is 14.3 Å². The number of aromatic nitrogens is 1. The Labute approximate surface area is 162 Å². The van der Waals surface area contributed by atoms with Crippen molar-refractivity contribution in [2.75, 3.05) is 12.9 Å². The molecule has 2 rings (SSSR count). The van der Waals surface area contributed by atoms with E-state index in [1.807, 2.05) is 30.3 Å². The van der Waals surface area contributed by atoms with E-state index in [0.29, 0.717) is 22.6 Å². The quantitative estimate of drug-likeness (QED) is 0.421. The molecule has 0 spiro atoms. The van der Waals surface area contributed by atoms with Crippen LogP contribution in [0.2, 0.25) is 0 Å². The first-order valence-corrected chi connectivity index (χ1v) is 9.52. The largest absolute Gasteiger partial charge is 0.465 e. The van der Waals surface area contributed by atoms with Crippen molar-refractivity contribution >= 4 is 29.5 Å². The Bertz CT molecular complexity index is 828. The van der Waals surface area contributed by atoms with Crippen LogP contribution in [0.25, 0.3) is 0 Å². The van der Waals surface area contributed by atoms with Gasteiger partial charge in [0.25, 0.3) is 0 Å². The second-order valence-corrected chi connectivity index (χ2v) is 7.19. The molecular weight excluding hydrogens is 366 g/mol. The lowest BCUT2D eigenvalue weighted by molar-refractivity contribution is -0.145. The average molecular weight is 389 g/mol. The number of aryl methyl sites for hydroxylation is 1. The molecule has 0 aliphatic rings. The molecule has 1 aromatic heterocycles. The molecule has 0 amide bonds. The number of nitrogens with one attached hydrogen (secondary N) is 1. The number of H-pyrrole nitrogens is 1. The number of carbonyl (C=O) groups is 3. The molecular formula is C20H23NO5S. The van der Waals surface area contributed by atoms with Gasteiger partial charge in [0, 0.05) is 16.3 Å². The molecule has 0 radical (unpaired) electrons. The van der Waals surface area contributed by atoms with Gasteiger partial charge in [-0.3, -0.25) is 9.59 Å². The highest BCUT2D eigenvalue weighted by atomic mass is 32.2. The van der Waals surface area contributed by atoms with Gasteiger partial charge in [-0.2, -0.15) is 0 Å². The minimum absolute atomic E-state index is 0.202. The van der Waals surface area contributed by atoms with Gasteiger partial charge in [0.1, 0.15) is 0 Å². The summed E-state index contributed by atoms with van der Waals surface area (Å²) in [6.45, 7) is 4.87. The molecule has 7 heteroatoms. The molecule has 2 aromatic rings. The molecule has 1 atom stereocenters. The summed E-state index contributed by atoms with van der Waals surface area (Å²) in [7, 11) is 1.29. The number of methoxy groups -OCH3 is 1. The fourth-order valence-electron chi connectivity index (χ4n) is 2.69. The van der Waals surface area contributed by atoms with Crippen molar-refractivity contribution in [3.8, 4) is 0 Å². The van der Waals surface area contributed by atoms with Gasteiger partial charge in [0.2, 0.25) is 5.78 Å². The van der Waals surface area contributed by atoms with Gasteiger partial charge in [0.15, 0.2) is 6.10 Å². The second kappa shape index (κ2) is 9.41. The second-order valence-electron chi connectivity index (χ2n) is 6.02. The maximum absolute atomic E-state index is 12.6. The predicted molar refractivity (Wildman–Crippen MR) is 103 cm³/mol. The Morgan fingerprint density at radius 3 is 2.44 bits per heavy atom. The van der Waals surface area contributed by atoms with E-state index in [-0.39, 0.29) is 17.9 Å². The summed E-state index contributed by atoms with van der Waals surface area (Å²) in [6, 6.07) is 9.74. The van der Waals surface area contributed by atoms with Crippen LogP contribution >= 0.6 is 11.8 Å². The maximum atomic E-state index is 12.6. The number of esters is 2. The molecule has 144 valence electrons. The number of Topliss-reactive ketones (excluding diaryl/α,β-unsaturated/α-hetero) is 1. The van der Waals surface area contributed by atoms with Gasteiger partial charge in [-0.1, -0.05) is 18.2 Å². The monoisotopic (exact) mass is 389 g/mol. The topological polar surface area (TPSA) is 85.5 Å². The number of ether oxygens (including phenoxy) is 2. The van der Waals surface area contributed by atoms with Gasteiger partial charge < -0.3 is 14.5 Å². The molecule has 27 heavy (non-hydrogen) atoms. The van der Waals surface area contributed by atoms with Crippen LogP contribution in [0, 0.1) is 13.8 Å². The molecule has 0 saturated carbocycles. The standard InChI is InChI=1S/C20H23NO5S/c1-12-17(20(24)25-4)13(2)21-18(12)19(23)14(3)26-16(22)10-11-27-15-8-6-5-7-9-15/h5-9,14,21H,10-11H2,1-4H3/t14-/m1/s1. The Kier molecular flexibility index (Phi) is 7.24. The SMILES string of the molecule is COC(=O)c1c(C)[nH]c(C(=O)[C@@H](C)OC(=O)CCSc2ccccc2)c1C. The molecule has 0 aliphatic heterocycles. The average Bonchev–Trinajstić information content (AvgIpc) is 2.95. The van der Waals surface area contributed by atoms with Gasteiger partial charge in [-0.15, -0.1) is 11.8 Å². The zero-order chi connectivity index (χ0) is 20.0. The molecule has 0 saturated heterocycles. The zero-order valence-electron chi connectivity index (χ0n) is 15.8. The highest BCUT2D eigenvalue weighted by Gasteiger charge is 2.27. The first kappa shape index (κ1) is 20.8. The van der Waals surface area contributed by atoms with E-state index >= 15 is 0 Å². The van der Waals surface area contributed by atoms with Crippen LogP contribution in [0.1, 0.15) is 45.4 Å². The predicted octanol–water partition coefficient (Wildman–Crippen LogP) is 3.71. The normalized spacial score (nSPS) is 11.7. The van der Waals surface area contributed by atoms with Crippen LogP contribution < -0.4 is 0 Å². The molecule has 0 unspecified atom stereocenters. The van der Waals surface area contributed by atoms with Crippen molar-refractivity contribution in [3.63, 3.8) is 0 Å². The molecule has 0 aliphatic carbocycles. The first-order chi connectivity index (χ1) is 12.8. The van der Waals surface area contributed by atoms with Crippen LogP contribution in [0.4, 0.5) is 0 Å². The molecule has 0 fully saturated rings. The van der Waals surface area contributed by atoms with E-state index < -0.39 is 18.0 Å². The van der Waals surface area contributed by atoms with Crippen molar-refractivity contribution in [2.24, 2.45) is 0 Å². The summed E-state index contributed by atoms with van der Waals surface area (Å²) in [4.78, 5) is 40.4. The maximum Gasteiger partial charge on any atom is 0.339 e. The summed E-state index contributed by atoms with van der Waals surface area (Å²) in [5.41, 5.74) is 1.62. The van der Waals surface area contributed by atoms with E-state index in [2.05, 4.69) is 4.98 Å². The Balaban J connectivity index is 1.93. The Morgan fingerprint density at radius 1 is 1.15 bits per heavy atom. The third-order valence-electron chi connectivity index (χ3n) is 4.07. The van der Waals surface area contributed by atoms with Crippen LogP contribution in [0.3, 0.4) is 0 Å². The lowest BCUT2D eigenvalue weighted by Gasteiger charge is -2.12. The summed E-state index contributed by atoms with van der Waals surface area (Å²) in [5, 5.41) is 0. The smallest absolute Gasteiger partial charge is 0.339 e. The van der Waals surface area contributed by atoms with Crippen molar-refractivity contribution < 1.29 is 23.9 Å². The Morgan fingerprint density at radius 2 is 1.81 bits per heavy atom. The number of aromatic amines is 1. The van der Waals surface area contributed by atoms with Crippen molar-refractivity contribution in [3.05, 3.63) is 52.8 Å². The fourth-order valence-corrected chi connectivity index (χ4v) is 3.54. The molecule has 6 nitrogen and oxygen atoms in total. The minimum Gasteiger partial charge on any atom is -0.465 e. The molecule has 1 heterocycles. The molecule has 0 bridgehead atoms. The van der Waals surface area contributed by atoms with Crippen molar-refractivity contribution in [1.82, 2.24) is 4.98 Å². The minimum atomic E-state index is -0.943. The van der Waals surface area contributed by atoms with Gasteiger partial charge in [0.05, 0.1) is 24.8 Å². The van der Waals surface area contributed by atoms with E-state index in [9.17, 15) is 14.4 Å². The number of benzene rings is 1. The van der Waals surface area contributed by atoms with Gasteiger partial charge in [-0.05, 0) is 38.5 Å². The third kappa shape index (κ3) is 5.23. The highest BCUT2D eigenvalue weighted by Crippen LogP contribution is 2.21. The number of ketones is 1. The fraction of sp³-hybridized carbons (Fsp3) is 0.350. The summed E-state index contributed by atoms with van der Waals surface area (Å²) in [6.07, 6.45) is -0.741. The lowest BCUT2D eigenvalue weighted by atomic mass is 10.1. The molecule has 1 N–H and O–H groups in total. The van der Waals surface area contributed by atoms with E-state index in [0.717, 1.165) is 4.90 Å². The Hall–Kier alpha value is -2.54. The molecule has 1 aromatic carbocycles. The van der Waals surface area contributed by atoms with Gasteiger partial charge >= 0.3 is 11.9 Å². The van der Waals surface area contributed by atoms with Crippen molar-refractivity contribution in [2.45, 2.75) is 38.2 Å². The van der Waals surface area contributed by atoms with Gasteiger partial charge in [-0.25, -0.2) is 4.79 Å². The summed E-state index contributed by atoms with van der Waals surface area (Å²) >= 11 is 1.55. The summed E-state index contributed by atoms with van der Waals surface area (Å²) in [5.74, 6) is -0.761. The number of carbonyl (C=O) groups excluding carboxylic acids is 3. The van der Waals surface area contributed by atoms with E-state index in [1.165, 1.54) is 14.0 Å². The van der Waals surface area contributed by atoms with E-state index in [1.54, 1.807) is 25.6 Å². The van der Waals surface area contributed by atoms with Crippen molar-refractivity contribution in [1.29, 1.82) is 0 Å². The summed E-state index contributed by atoms with van der Waals surface area (Å²) < 4.78 is 10.00. The van der Waals surface area contributed by atoms with Crippen LogP contribution in [0.15, 0.2) is 35.2 Å². The third-order valence-corrected chi connectivity index (χ3v) is 5.08. The first-order valence-electron chi connectivity index (χ1n) is 8.54. The number of hydrogen-bond acceptors (Lipinski definition) is 6. The zero-order valence-corrected chi connectivity index (χ0v) is 16.6. The number of rotatable bonds is 8. The van der Waals surface area contributed by atoms with E-state index in [4.69, 9.17) is 9.47 Å². The highest BCUT2D eigenvalue weighted by molar-refractivity contribution is 7.99. The lowest BCUT2D eigenvalue weighted by Crippen LogP contribution is -2.25. The number of thioether (sulfide) groups is 1.